The summed E-state index contributed by atoms with van der Waals surface area (Å²) in [5, 5.41) is 11.9. The lowest BCUT2D eigenvalue weighted by Crippen LogP contribution is -2.30. The number of aromatic hydroxyl groups is 1. The van der Waals surface area contributed by atoms with Crippen LogP contribution in [0, 0.1) is 0 Å². The highest BCUT2D eigenvalue weighted by molar-refractivity contribution is 5.81. The number of phenols is 1. The number of ether oxygens (including phenoxy) is 2. The van der Waals surface area contributed by atoms with Crippen LogP contribution in [0.2, 0.25) is 0 Å². The third kappa shape index (κ3) is 6.18. The molecule has 0 aliphatic heterocycles. The zero-order valence-electron chi connectivity index (χ0n) is 14.0. The number of methoxy groups -OCH3 is 1. The van der Waals surface area contributed by atoms with E-state index in [2.05, 4.69) is 5.32 Å². The Kier molecular flexibility index (Phi) is 6.83. The van der Waals surface area contributed by atoms with E-state index in [9.17, 15) is 14.7 Å². The fourth-order valence-electron chi connectivity index (χ4n) is 2.27. The molecule has 132 valence electrons. The highest BCUT2D eigenvalue weighted by atomic mass is 16.5. The second-order valence-corrected chi connectivity index (χ2v) is 5.42. The second-order valence-electron chi connectivity index (χ2n) is 5.42. The molecule has 6 nitrogen and oxygen atoms in total. The van der Waals surface area contributed by atoms with E-state index < -0.39 is 5.97 Å². The van der Waals surface area contributed by atoms with Crippen molar-refractivity contribution in [2.75, 3.05) is 20.3 Å². The Labute approximate surface area is 146 Å². The molecule has 0 aliphatic rings. The number of rotatable bonds is 8. The van der Waals surface area contributed by atoms with Crippen molar-refractivity contribution < 1.29 is 24.2 Å². The molecule has 0 heterocycles. The lowest BCUT2D eigenvalue weighted by atomic mass is 10.1. The summed E-state index contributed by atoms with van der Waals surface area (Å²) in [6.07, 6.45) is 0.673. The minimum atomic E-state index is -0.495. The van der Waals surface area contributed by atoms with Gasteiger partial charge in [-0.05, 0) is 35.7 Å². The van der Waals surface area contributed by atoms with Crippen LogP contribution in [0.25, 0.3) is 0 Å². The molecule has 2 aromatic rings. The van der Waals surface area contributed by atoms with Crippen molar-refractivity contribution in [2.45, 2.75) is 12.8 Å². The number of benzene rings is 2. The summed E-state index contributed by atoms with van der Waals surface area (Å²) in [5.41, 5.74) is 1.70. The van der Waals surface area contributed by atoms with Gasteiger partial charge in [-0.2, -0.15) is 0 Å². The number of hydrogen-bond donors (Lipinski definition) is 2. The van der Waals surface area contributed by atoms with E-state index >= 15 is 0 Å². The number of hydrogen-bond acceptors (Lipinski definition) is 5. The molecule has 0 bridgehead atoms. The fraction of sp³-hybridized carbons (Fsp3) is 0.263. The Morgan fingerprint density at radius 3 is 2.52 bits per heavy atom. The van der Waals surface area contributed by atoms with Crippen LogP contribution in [-0.4, -0.2) is 37.2 Å². The maximum atomic E-state index is 11.7. The van der Waals surface area contributed by atoms with E-state index in [1.165, 1.54) is 12.1 Å². The summed E-state index contributed by atoms with van der Waals surface area (Å²) in [6.45, 7) is 0.109. The number of esters is 1. The molecule has 1 amide bonds. The SMILES string of the molecule is COc1ccccc1CCNC(=O)COC(=O)Cc1ccc(O)cc1. The highest BCUT2D eigenvalue weighted by Crippen LogP contribution is 2.17. The van der Waals surface area contributed by atoms with Crippen LogP contribution in [-0.2, 0) is 27.2 Å². The quantitative estimate of drug-likeness (QED) is 0.715. The van der Waals surface area contributed by atoms with Gasteiger partial charge in [0.05, 0.1) is 13.5 Å². The molecule has 2 aromatic carbocycles. The zero-order chi connectivity index (χ0) is 18.1. The number of para-hydroxylation sites is 1. The Balaban J connectivity index is 1.68. The van der Waals surface area contributed by atoms with Crippen molar-refractivity contribution in [1.82, 2.24) is 5.32 Å². The first kappa shape index (κ1) is 18.3. The predicted molar refractivity (Wildman–Crippen MR) is 92.5 cm³/mol. The van der Waals surface area contributed by atoms with Gasteiger partial charge >= 0.3 is 5.97 Å². The van der Waals surface area contributed by atoms with Gasteiger partial charge in [-0.15, -0.1) is 0 Å². The zero-order valence-corrected chi connectivity index (χ0v) is 14.0. The lowest BCUT2D eigenvalue weighted by Gasteiger charge is -2.09. The van der Waals surface area contributed by atoms with Crippen LogP contribution in [0.5, 0.6) is 11.5 Å². The average Bonchev–Trinajstić information content (AvgIpc) is 2.62. The summed E-state index contributed by atoms with van der Waals surface area (Å²) in [5.74, 6) is 0.0585. The van der Waals surface area contributed by atoms with Crippen LogP contribution in [0.4, 0.5) is 0 Å². The van der Waals surface area contributed by atoms with Crippen molar-refractivity contribution in [3.8, 4) is 11.5 Å². The van der Waals surface area contributed by atoms with Gasteiger partial charge in [0.15, 0.2) is 6.61 Å². The van der Waals surface area contributed by atoms with Crippen molar-refractivity contribution in [3.05, 3.63) is 59.7 Å². The average molecular weight is 343 g/mol. The molecule has 0 aromatic heterocycles. The number of carbonyl (C=O) groups excluding carboxylic acids is 2. The lowest BCUT2D eigenvalue weighted by molar-refractivity contribution is -0.147. The molecule has 0 saturated carbocycles. The fourth-order valence-corrected chi connectivity index (χ4v) is 2.27. The first-order chi connectivity index (χ1) is 12.1. The molecule has 0 aliphatic carbocycles. The molecule has 2 rings (SSSR count). The van der Waals surface area contributed by atoms with Crippen molar-refractivity contribution in [2.24, 2.45) is 0 Å². The highest BCUT2D eigenvalue weighted by Gasteiger charge is 2.09. The van der Waals surface area contributed by atoms with Gasteiger partial charge in [-0.1, -0.05) is 30.3 Å². The molecule has 0 fully saturated rings. The van der Waals surface area contributed by atoms with E-state index in [4.69, 9.17) is 9.47 Å². The maximum absolute atomic E-state index is 11.7. The third-order valence-corrected chi connectivity index (χ3v) is 3.56. The van der Waals surface area contributed by atoms with Gasteiger partial charge in [0, 0.05) is 6.54 Å². The van der Waals surface area contributed by atoms with Crippen LogP contribution in [0.3, 0.4) is 0 Å². The van der Waals surface area contributed by atoms with E-state index in [-0.39, 0.29) is 24.7 Å². The molecule has 2 N–H and O–H groups in total. The monoisotopic (exact) mass is 343 g/mol. The Hall–Kier alpha value is -3.02. The summed E-state index contributed by atoms with van der Waals surface area (Å²) < 4.78 is 10.2. The van der Waals surface area contributed by atoms with E-state index in [0.29, 0.717) is 18.5 Å². The number of amides is 1. The van der Waals surface area contributed by atoms with Gasteiger partial charge in [-0.3, -0.25) is 9.59 Å². The number of phenolic OH excluding ortho intramolecular Hbond substituents is 1. The van der Waals surface area contributed by atoms with Crippen molar-refractivity contribution in [3.63, 3.8) is 0 Å². The number of nitrogens with one attached hydrogen (secondary N) is 1. The van der Waals surface area contributed by atoms with Gasteiger partial charge in [0.25, 0.3) is 5.91 Å². The summed E-state index contributed by atoms with van der Waals surface area (Å²) in [4.78, 5) is 23.4. The molecule has 0 radical (unpaired) electrons. The third-order valence-electron chi connectivity index (χ3n) is 3.56. The standard InChI is InChI=1S/C19H21NO5/c1-24-17-5-3-2-4-15(17)10-11-20-18(22)13-25-19(23)12-14-6-8-16(21)9-7-14/h2-9,21H,10-13H2,1H3,(H,20,22). The molecular weight excluding hydrogens is 322 g/mol. The van der Waals surface area contributed by atoms with E-state index in [0.717, 1.165) is 11.3 Å². The van der Waals surface area contributed by atoms with Gasteiger partial charge in [0.1, 0.15) is 11.5 Å². The largest absolute Gasteiger partial charge is 0.508 e. The molecule has 0 saturated heterocycles. The smallest absolute Gasteiger partial charge is 0.310 e. The topological polar surface area (TPSA) is 84.9 Å². The summed E-state index contributed by atoms with van der Waals surface area (Å²) in [7, 11) is 1.60. The normalized spacial score (nSPS) is 10.1. The van der Waals surface area contributed by atoms with E-state index in [1.54, 1.807) is 19.2 Å². The Bertz CT molecular complexity index is 712. The molecule has 0 spiro atoms. The minimum absolute atomic E-state index is 0.0504. The van der Waals surface area contributed by atoms with Crippen LogP contribution in [0.15, 0.2) is 48.5 Å². The first-order valence-corrected chi connectivity index (χ1v) is 7.90. The molecule has 0 unspecified atom stereocenters. The van der Waals surface area contributed by atoms with Crippen LogP contribution < -0.4 is 10.1 Å². The molecular formula is C19H21NO5. The van der Waals surface area contributed by atoms with Crippen molar-refractivity contribution >= 4 is 11.9 Å². The predicted octanol–water partition coefficient (Wildman–Crippen LogP) is 1.85. The van der Waals surface area contributed by atoms with E-state index in [1.807, 2.05) is 24.3 Å². The van der Waals surface area contributed by atoms with Crippen molar-refractivity contribution in [1.29, 1.82) is 0 Å². The summed E-state index contributed by atoms with van der Waals surface area (Å²) in [6, 6.07) is 13.8. The van der Waals surface area contributed by atoms with Gasteiger partial charge in [-0.25, -0.2) is 0 Å². The second kappa shape index (κ2) is 9.32. The maximum Gasteiger partial charge on any atom is 0.310 e. The molecule has 0 atom stereocenters. The van der Waals surface area contributed by atoms with Crippen LogP contribution >= 0.6 is 0 Å². The summed E-state index contributed by atoms with van der Waals surface area (Å²) >= 11 is 0. The Morgan fingerprint density at radius 1 is 1.08 bits per heavy atom. The molecule has 25 heavy (non-hydrogen) atoms. The van der Waals surface area contributed by atoms with Crippen LogP contribution in [0.1, 0.15) is 11.1 Å². The first-order valence-electron chi connectivity index (χ1n) is 7.90. The Morgan fingerprint density at radius 2 is 1.80 bits per heavy atom. The minimum Gasteiger partial charge on any atom is -0.508 e. The van der Waals surface area contributed by atoms with Gasteiger partial charge in [0.2, 0.25) is 0 Å². The van der Waals surface area contributed by atoms with Gasteiger partial charge < -0.3 is 19.9 Å². The molecule has 6 heteroatoms. The number of carbonyl (C=O) groups is 2.